The van der Waals surface area contributed by atoms with Crippen LogP contribution in [0.1, 0.15) is 47.5 Å². The molecule has 1 N–H and O–H groups in total. The fourth-order valence-electron chi connectivity index (χ4n) is 2.25. The van der Waals surface area contributed by atoms with Gasteiger partial charge in [-0.25, -0.2) is 4.79 Å². The van der Waals surface area contributed by atoms with E-state index in [9.17, 15) is 4.79 Å². The average Bonchev–Trinajstić information content (AvgIpc) is 2.15. The van der Waals surface area contributed by atoms with E-state index in [-0.39, 0.29) is 6.09 Å². The number of piperidine rings is 1. The lowest BCUT2D eigenvalue weighted by Crippen LogP contribution is -2.50. The number of nitrogens with zero attached hydrogens (tertiary/aromatic N) is 1. The molecule has 0 bridgehead atoms. The van der Waals surface area contributed by atoms with Crippen molar-refractivity contribution in [2.75, 3.05) is 13.1 Å². The second kappa shape index (κ2) is 5.71. The van der Waals surface area contributed by atoms with Crippen molar-refractivity contribution in [3.8, 4) is 0 Å². The molecule has 0 aromatic carbocycles. The maximum Gasteiger partial charge on any atom is 0.410 e. The Hall–Kier alpha value is -0.770. The Morgan fingerprint density at radius 2 is 2.12 bits per heavy atom. The quantitative estimate of drug-likeness (QED) is 0.808. The Bertz CT molecular complexity index is 261. The van der Waals surface area contributed by atoms with E-state index >= 15 is 0 Å². The molecule has 2 atom stereocenters. The molecule has 100 valence electrons. The summed E-state index contributed by atoms with van der Waals surface area (Å²) in [5.41, 5.74) is -0.414. The Morgan fingerprint density at radius 1 is 1.47 bits per heavy atom. The highest BCUT2D eigenvalue weighted by Gasteiger charge is 2.29. The maximum absolute atomic E-state index is 12.1. The molecule has 1 aliphatic rings. The number of rotatable bonds is 2. The van der Waals surface area contributed by atoms with Crippen LogP contribution in [0.2, 0.25) is 0 Å². The summed E-state index contributed by atoms with van der Waals surface area (Å²) in [6, 6.07) is 0.788. The van der Waals surface area contributed by atoms with E-state index in [0.29, 0.717) is 18.6 Å². The normalized spacial score (nSPS) is 25.5. The highest BCUT2D eigenvalue weighted by molar-refractivity contribution is 5.68. The van der Waals surface area contributed by atoms with E-state index in [1.807, 2.05) is 32.6 Å². The van der Waals surface area contributed by atoms with Gasteiger partial charge in [-0.1, -0.05) is 0 Å². The lowest BCUT2D eigenvalue weighted by atomic mass is 9.99. The van der Waals surface area contributed by atoms with Gasteiger partial charge in [0.15, 0.2) is 0 Å². The predicted octanol–water partition coefficient (Wildman–Crippen LogP) is 2.38. The Kier molecular flexibility index (Phi) is 4.80. The monoisotopic (exact) mass is 242 g/mol. The molecule has 1 aliphatic heterocycles. The third-order valence-electron chi connectivity index (χ3n) is 3.01. The van der Waals surface area contributed by atoms with Crippen LogP contribution in [0.5, 0.6) is 0 Å². The molecule has 0 aromatic rings. The van der Waals surface area contributed by atoms with Crippen LogP contribution in [-0.2, 0) is 4.74 Å². The van der Waals surface area contributed by atoms with Crippen molar-refractivity contribution in [3.63, 3.8) is 0 Å². The summed E-state index contributed by atoms with van der Waals surface area (Å²) in [4.78, 5) is 13.9. The summed E-state index contributed by atoms with van der Waals surface area (Å²) in [5, 5.41) is 3.40. The molecule has 0 aliphatic carbocycles. The third kappa shape index (κ3) is 4.54. The number of hydrogen-bond donors (Lipinski definition) is 1. The maximum atomic E-state index is 12.1. The molecule has 0 unspecified atom stereocenters. The van der Waals surface area contributed by atoms with E-state index in [0.717, 1.165) is 19.4 Å². The Labute approximate surface area is 105 Å². The van der Waals surface area contributed by atoms with Crippen LogP contribution in [0.4, 0.5) is 4.79 Å². The number of ether oxygens (including phenoxy) is 1. The van der Waals surface area contributed by atoms with E-state index in [1.165, 1.54) is 0 Å². The zero-order valence-electron chi connectivity index (χ0n) is 11.7. The van der Waals surface area contributed by atoms with Crippen LogP contribution in [0.25, 0.3) is 0 Å². The topological polar surface area (TPSA) is 41.6 Å². The number of amides is 1. The summed E-state index contributed by atoms with van der Waals surface area (Å²) >= 11 is 0. The van der Waals surface area contributed by atoms with Gasteiger partial charge in [-0.2, -0.15) is 0 Å². The van der Waals surface area contributed by atoms with Gasteiger partial charge in [-0.3, -0.25) is 0 Å². The SMILES string of the molecule is CCN(C(=O)OC(C)(C)C)[C@H]1CCN[C@H](C)C1. The average molecular weight is 242 g/mol. The highest BCUT2D eigenvalue weighted by atomic mass is 16.6. The summed E-state index contributed by atoms with van der Waals surface area (Å²) in [6.45, 7) is 11.6. The lowest BCUT2D eigenvalue weighted by molar-refractivity contribution is 0.0129. The molecule has 0 radical (unpaired) electrons. The Balaban J connectivity index is 2.60. The van der Waals surface area contributed by atoms with Gasteiger partial charge in [-0.15, -0.1) is 0 Å². The molecular formula is C13H26N2O2. The molecule has 0 spiro atoms. The first-order chi connectivity index (χ1) is 7.83. The number of carbonyl (C=O) groups is 1. The van der Waals surface area contributed by atoms with Crippen LogP contribution in [0.3, 0.4) is 0 Å². The fourth-order valence-corrected chi connectivity index (χ4v) is 2.25. The molecule has 0 aromatic heterocycles. The van der Waals surface area contributed by atoms with Crippen LogP contribution in [0, 0.1) is 0 Å². The number of hydrogen-bond acceptors (Lipinski definition) is 3. The molecule has 17 heavy (non-hydrogen) atoms. The first-order valence-corrected chi connectivity index (χ1v) is 6.56. The van der Waals surface area contributed by atoms with E-state index in [2.05, 4.69) is 12.2 Å². The lowest BCUT2D eigenvalue weighted by Gasteiger charge is -2.37. The highest BCUT2D eigenvalue weighted by Crippen LogP contribution is 2.18. The molecule has 1 heterocycles. The molecule has 1 amide bonds. The second-order valence-electron chi connectivity index (χ2n) is 5.80. The van der Waals surface area contributed by atoms with Gasteiger partial charge >= 0.3 is 6.09 Å². The second-order valence-corrected chi connectivity index (χ2v) is 5.80. The van der Waals surface area contributed by atoms with Gasteiger partial charge in [0.2, 0.25) is 0 Å². The van der Waals surface area contributed by atoms with E-state index < -0.39 is 5.60 Å². The van der Waals surface area contributed by atoms with Gasteiger partial charge in [0.1, 0.15) is 5.60 Å². The zero-order valence-corrected chi connectivity index (χ0v) is 11.7. The number of nitrogens with one attached hydrogen (secondary N) is 1. The van der Waals surface area contributed by atoms with Crippen LogP contribution in [-0.4, -0.2) is 41.8 Å². The minimum absolute atomic E-state index is 0.181. The Morgan fingerprint density at radius 3 is 2.59 bits per heavy atom. The smallest absolute Gasteiger partial charge is 0.410 e. The minimum atomic E-state index is -0.414. The van der Waals surface area contributed by atoms with Crippen molar-refractivity contribution in [1.29, 1.82) is 0 Å². The summed E-state index contributed by atoms with van der Waals surface area (Å²) in [6.07, 6.45) is 1.84. The van der Waals surface area contributed by atoms with Crippen LogP contribution < -0.4 is 5.32 Å². The van der Waals surface area contributed by atoms with Crippen molar-refractivity contribution in [1.82, 2.24) is 10.2 Å². The van der Waals surface area contributed by atoms with Crippen molar-refractivity contribution in [2.45, 2.75) is 65.1 Å². The molecule has 0 saturated carbocycles. The first kappa shape index (κ1) is 14.3. The third-order valence-corrected chi connectivity index (χ3v) is 3.01. The molecule has 4 nitrogen and oxygen atoms in total. The predicted molar refractivity (Wildman–Crippen MR) is 69.1 cm³/mol. The van der Waals surface area contributed by atoms with Gasteiger partial charge in [0, 0.05) is 18.6 Å². The number of carbonyl (C=O) groups excluding carboxylic acids is 1. The van der Waals surface area contributed by atoms with E-state index in [1.54, 1.807) is 0 Å². The van der Waals surface area contributed by atoms with Gasteiger partial charge in [0.25, 0.3) is 0 Å². The fraction of sp³-hybridized carbons (Fsp3) is 0.923. The van der Waals surface area contributed by atoms with E-state index in [4.69, 9.17) is 4.74 Å². The van der Waals surface area contributed by atoms with Gasteiger partial charge < -0.3 is 15.0 Å². The van der Waals surface area contributed by atoms with Crippen LogP contribution in [0.15, 0.2) is 0 Å². The summed E-state index contributed by atoms with van der Waals surface area (Å²) < 4.78 is 5.45. The van der Waals surface area contributed by atoms with Gasteiger partial charge in [-0.05, 0) is 54.0 Å². The van der Waals surface area contributed by atoms with Crippen molar-refractivity contribution < 1.29 is 9.53 Å². The molecule has 1 saturated heterocycles. The zero-order chi connectivity index (χ0) is 13.1. The van der Waals surface area contributed by atoms with Crippen molar-refractivity contribution in [2.24, 2.45) is 0 Å². The van der Waals surface area contributed by atoms with Crippen LogP contribution >= 0.6 is 0 Å². The molecule has 4 heteroatoms. The van der Waals surface area contributed by atoms with Crippen molar-refractivity contribution in [3.05, 3.63) is 0 Å². The summed E-state index contributed by atoms with van der Waals surface area (Å²) in [7, 11) is 0. The molecule has 1 rings (SSSR count). The summed E-state index contributed by atoms with van der Waals surface area (Å²) in [5.74, 6) is 0. The standard InChI is InChI=1S/C13H26N2O2/c1-6-15(12(16)17-13(3,4)5)11-7-8-14-10(2)9-11/h10-11,14H,6-9H2,1-5H3/t10-,11+/m1/s1. The largest absolute Gasteiger partial charge is 0.444 e. The first-order valence-electron chi connectivity index (χ1n) is 6.56. The van der Waals surface area contributed by atoms with Crippen molar-refractivity contribution >= 4 is 6.09 Å². The van der Waals surface area contributed by atoms with Gasteiger partial charge in [0.05, 0.1) is 0 Å². The molecular weight excluding hydrogens is 216 g/mol. The minimum Gasteiger partial charge on any atom is -0.444 e. The molecule has 1 fully saturated rings.